The molecule has 5 rings (SSSR count). The summed E-state index contributed by atoms with van der Waals surface area (Å²) in [5, 5.41) is 4.51. The highest BCUT2D eigenvalue weighted by atomic mass is 32.2. The van der Waals surface area contributed by atoms with Crippen molar-refractivity contribution in [2.24, 2.45) is 0 Å². The zero-order valence-corrected chi connectivity index (χ0v) is 18.9. The van der Waals surface area contributed by atoms with E-state index in [1.54, 1.807) is 41.1 Å². The lowest BCUT2D eigenvalue weighted by molar-refractivity contribution is 0.382. The number of thiocarbonyl (C=S) groups is 1. The second-order valence-electron chi connectivity index (χ2n) is 7.52. The third kappa shape index (κ3) is 4.01. The normalized spacial score (nSPS) is 18.1. The Labute approximate surface area is 195 Å². The van der Waals surface area contributed by atoms with Crippen LogP contribution in [-0.2, 0) is 0 Å². The molecule has 1 fully saturated rings. The van der Waals surface area contributed by atoms with Gasteiger partial charge in [-0.3, -0.25) is 4.98 Å². The van der Waals surface area contributed by atoms with Crippen LogP contribution in [0.1, 0.15) is 29.1 Å². The first-order valence-electron chi connectivity index (χ1n) is 10.2. The zero-order chi connectivity index (χ0) is 22.1. The van der Waals surface area contributed by atoms with Crippen molar-refractivity contribution in [3.63, 3.8) is 0 Å². The van der Waals surface area contributed by atoms with E-state index in [1.165, 1.54) is 11.6 Å². The second kappa shape index (κ2) is 8.76. The molecule has 7 heteroatoms. The van der Waals surface area contributed by atoms with Crippen molar-refractivity contribution in [2.45, 2.75) is 29.0 Å². The standard InChI is InChI=1S/C25H20FN3OS2/c1-16-9-11-17(12-10-16)32-22-14-13-21(30-22)24-23(19-7-4-5-15-27-19)28-25(31)29(24)20-8-3-2-6-18(20)26/h2-15,23-24H,1H3,(H,28,31)/t23-,24-/m0/s1. The number of furan rings is 1. The number of rotatable bonds is 5. The highest BCUT2D eigenvalue weighted by molar-refractivity contribution is 7.99. The van der Waals surface area contributed by atoms with Crippen molar-refractivity contribution in [1.82, 2.24) is 10.3 Å². The Kier molecular flexibility index (Phi) is 5.68. The van der Waals surface area contributed by atoms with E-state index < -0.39 is 0 Å². The maximum absolute atomic E-state index is 14.8. The minimum Gasteiger partial charge on any atom is -0.452 e. The average Bonchev–Trinajstić information content (AvgIpc) is 3.40. The Morgan fingerprint density at radius 3 is 2.53 bits per heavy atom. The third-order valence-electron chi connectivity index (χ3n) is 5.34. The molecule has 1 N–H and O–H groups in total. The molecule has 160 valence electrons. The van der Waals surface area contributed by atoms with Gasteiger partial charge in [-0.1, -0.05) is 47.7 Å². The van der Waals surface area contributed by atoms with Gasteiger partial charge in [0.05, 0.1) is 17.4 Å². The van der Waals surface area contributed by atoms with E-state index in [4.69, 9.17) is 16.6 Å². The number of hydrogen-bond acceptors (Lipinski definition) is 4. The topological polar surface area (TPSA) is 41.3 Å². The lowest BCUT2D eigenvalue weighted by Crippen LogP contribution is -2.30. The summed E-state index contributed by atoms with van der Waals surface area (Å²) in [4.78, 5) is 7.38. The van der Waals surface area contributed by atoms with Crippen molar-refractivity contribution >= 4 is 34.8 Å². The van der Waals surface area contributed by atoms with Gasteiger partial charge in [0.25, 0.3) is 0 Å². The molecule has 0 bridgehead atoms. The van der Waals surface area contributed by atoms with Gasteiger partial charge >= 0.3 is 0 Å². The molecular weight excluding hydrogens is 441 g/mol. The van der Waals surface area contributed by atoms with Gasteiger partial charge in [-0.25, -0.2) is 4.39 Å². The van der Waals surface area contributed by atoms with Crippen LogP contribution < -0.4 is 10.2 Å². The summed E-state index contributed by atoms with van der Waals surface area (Å²) in [6.45, 7) is 2.06. The largest absolute Gasteiger partial charge is 0.452 e. The first-order chi connectivity index (χ1) is 15.6. The minimum absolute atomic E-state index is 0.285. The number of hydrogen-bond donors (Lipinski definition) is 1. The van der Waals surface area contributed by atoms with E-state index in [0.29, 0.717) is 16.6 Å². The molecule has 4 nitrogen and oxygen atoms in total. The minimum atomic E-state index is -0.387. The first-order valence-corrected chi connectivity index (χ1v) is 11.4. The molecule has 2 atom stereocenters. The maximum Gasteiger partial charge on any atom is 0.174 e. The summed E-state index contributed by atoms with van der Waals surface area (Å²) >= 11 is 7.18. The lowest BCUT2D eigenvalue weighted by atomic mass is 10.0. The number of aromatic nitrogens is 1. The second-order valence-corrected chi connectivity index (χ2v) is 8.98. The van der Waals surface area contributed by atoms with Crippen molar-refractivity contribution in [2.75, 3.05) is 4.90 Å². The van der Waals surface area contributed by atoms with Crippen LogP contribution in [0.25, 0.3) is 0 Å². The van der Waals surface area contributed by atoms with Crippen molar-refractivity contribution in [1.29, 1.82) is 0 Å². The van der Waals surface area contributed by atoms with Crippen molar-refractivity contribution in [3.8, 4) is 0 Å². The van der Waals surface area contributed by atoms with E-state index in [2.05, 4.69) is 41.5 Å². The molecule has 1 aliphatic rings. The number of pyridine rings is 1. The number of benzene rings is 2. The van der Waals surface area contributed by atoms with Gasteiger partial charge in [0.15, 0.2) is 10.2 Å². The van der Waals surface area contributed by atoms with E-state index >= 15 is 0 Å². The fourth-order valence-corrected chi connectivity index (χ4v) is 4.94. The van der Waals surface area contributed by atoms with Crippen molar-refractivity contribution < 1.29 is 8.81 Å². The Morgan fingerprint density at radius 2 is 1.78 bits per heavy atom. The Balaban J connectivity index is 1.54. The summed E-state index contributed by atoms with van der Waals surface area (Å²) in [5.41, 5.74) is 2.42. The van der Waals surface area contributed by atoms with E-state index in [1.807, 2.05) is 30.3 Å². The van der Waals surface area contributed by atoms with Gasteiger partial charge in [-0.05, 0) is 67.7 Å². The highest BCUT2D eigenvalue weighted by Gasteiger charge is 2.43. The zero-order valence-electron chi connectivity index (χ0n) is 17.2. The summed E-state index contributed by atoms with van der Waals surface area (Å²) in [6, 6.07) is 23.8. The summed E-state index contributed by atoms with van der Waals surface area (Å²) in [5.74, 6) is 0.343. The fraction of sp³-hybridized carbons (Fsp3) is 0.120. The Bertz CT molecular complexity index is 1240. The number of anilines is 1. The highest BCUT2D eigenvalue weighted by Crippen LogP contribution is 2.43. The number of nitrogens with zero attached hydrogens (tertiary/aromatic N) is 2. The average molecular weight is 462 g/mol. The molecule has 0 spiro atoms. The summed E-state index contributed by atoms with van der Waals surface area (Å²) in [7, 11) is 0. The lowest BCUT2D eigenvalue weighted by Gasteiger charge is -2.26. The van der Waals surface area contributed by atoms with Gasteiger partial charge in [0.2, 0.25) is 0 Å². The number of nitrogens with one attached hydrogen (secondary N) is 1. The molecular formula is C25H20FN3OS2. The monoisotopic (exact) mass is 461 g/mol. The third-order valence-corrected chi connectivity index (χ3v) is 6.59. The Morgan fingerprint density at radius 1 is 1.00 bits per heavy atom. The molecule has 1 saturated heterocycles. The van der Waals surface area contributed by atoms with Crippen LogP contribution in [0.15, 0.2) is 99.5 Å². The molecule has 2 aromatic carbocycles. The molecule has 1 aliphatic heterocycles. The molecule has 0 saturated carbocycles. The van der Waals surface area contributed by atoms with Crippen LogP contribution in [0.2, 0.25) is 0 Å². The van der Waals surface area contributed by atoms with Gasteiger partial charge < -0.3 is 14.6 Å². The van der Waals surface area contributed by atoms with Crippen LogP contribution in [-0.4, -0.2) is 10.1 Å². The molecule has 2 aromatic heterocycles. The van der Waals surface area contributed by atoms with Crippen LogP contribution >= 0.6 is 24.0 Å². The molecule has 0 radical (unpaired) electrons. The predicted molar refractivity (Wildman–Crippen MR) is 128 cm³/mol. The van der Waals surface area contributed by atoms with Crippen LogP contribution in [0, 0.1) is 12.7 Å². The van der Waals surface area contributed by atoms with Gasteiger partial charge in [0.1, 0.15) is 17.6 Å². The van der Waals surface area contributed by atoms with Gasteiger partial charge in [-0.2, -0.15) is 0 Å². The SMILES string of the molecule is Cc1ccc(Sc2ccc([C@H]3[C@H](c4ccccn4)NC(=S)N3c3ccccc3F)o2)cc1. The molecule has 0 unspecified atom stereocenters. The molecule has 0 amide bonds. The van der Waals surface area contributed by atoms with Crippen LogP contribution in [0.3, 0.4) is 0 Å². The summed E-state index contributed by atoms with van der Waals surface area (Å²) in [6.07, 6.45) is 1.74. The molecule has 4 aromatic rings. The smallest absolute Gasteiger partial charge is 0.174 e. The van der Waals surface area contributed by atoms with E-state index in [0.717, 1.165) is 15.7 Å². The molecule has 0 aliphatic carbocycles. The molecule has 3 heterocycles. The van der Waals surface area contributed by atoms with Gasteiger partial charge in [0, 0.05) is 11.1 Å². The van der Waals surface area contributed by atoms with E-state index in [9.17, 15) is 4.39 Å². The van der Waals surface area contributed by atoms with Crippen molar-refractivity contribution in [3.05, 3.63) is 108 Å². The number of aryl methyl sites for hydroxylation is 1. The predicted octanol–water partition coefficient (Wildman–Crippen LogP) is 6.45. The quantitative estimate of drug-likeness (QED) is 0.345. The maximum atomic E-state index is 14.8. The van der Waals surface area contributed by atoms with Crippen LogP contribution in [0.5, 0.6) is 0 Å². The van der Waals surface area contributed by atoms with Crippen LogP contribution in [0.4, 0.5) is 10.1 Å². The Hall–Kier alpha value is -3.16. The van der Waals surface area contributed by atoms with Gasteiger partial charge in [-0.15, -0.1) is 0 Å². The number of halogens is 1. The molecule has 32 heavy (non-hydrogen) atoms. The number of para-hydroxylation sites is 1. The fourth-order valence-electron chi connectivity index (χ4n) is 3.82. The van der Waals surface area contributed by atoms with E-state index in [-0.39, 0.29) is 17.9 Å². The first kappa shape index (κ1) is 20.7. The summed E-state index contributed by atoms with van der Waals surface area (Å²) < 4.78 is 21.0.